The summed E-state index contributed by atoms with van der Waals surface area (Å²) in [6, 6.07) is 4.45. The van der Waals surface area contributed by atoms with Crippen molar-refractivity contribution in [3.63, 3.8) is 0 Å². The van der Waals surface area contributed by atoms with E-state index >= 15 is 0 Å². The number of hydrogen-bond donors (Lipinski definition) is 4. The van der Waals surface area contributed by atoms with Crippen LogP contribution in [-0.2, 0) is 27.2 Å². The van der Waals surface area contributed by atoms with Crippen molar-refractivity contribution in [2.45, 2.75) is 31.3 Å². The van der Waals surface area contributed by atoms with Crippen LogP contribution in [0.1, 0.15) is 28.2 Å². The smallest absolute Gasteiger partial charge is 0.255 e. The molecule has 13 nitrogen and oxygen atoms in total. The zero-order valence-corrected chi connectivity index (χ0v) is 21.4. The number of imidazole rings is 1. The zero-order valence-electron chi connectivity index (χ0n) is 21.4. The molecule has 4 rings (SSSR count). The van der Waals surface area contributed by atoms with E-state index in [1.807, 2.05) is 0 Å². The summed E-state index contributed by atoms with van der Waals surface area (Å²) >= 11 is 0. The molecule has 0 unspecified atom stereocenters. The molecule has 2 atom stereocenters. The first-order valence-electron chi connectivity index (χ1n) is 12.5. The minimum atomic E-state index is -1.21. The Hall–Kier alpha value is -4.81. The third-order valence-corrected chi connectivity index (χ3v) is 6.11. The van der Waals surface area contributed by atoms with Crippen LogP contribution >= 0.6 is 0 Å². The van der Waals surface area contributed by atoms with Gasteiger partial charge in [-0.3, -0.25) is 29.1 Å². The average molecular weight is 535 g/mol. The number of hydrogen-bond acceptors (Lipinski definition) is 8. The fraction of sp³-hybridized carbons (Fsp3) is 0.346. The molecule has 0 aliphatic carbocycles. The van der Waals surface area contributed by atoms with Crippen molar-refractivity contribution in [1.82, 2.24) is 40.8 Å². The first-order valence-corrected chi connectivity index (χ1v) is 12.5. The Morgan fingerprint density at radius 2 is 1.97 bits per heavy atom. The van der Waals surface area contributed by atoms with Crippen LogP contribution in [0.25, 0.3) is 0 Å². The van der Waals surface area contributed by atoms with Gasteiger partial charge in [-0.15, -0.1) is 0 Å². The Balaban J connectivity index is 1.55. The van der Waals surface area contributed by atoms with Gasteiger partial charge in [0.05, 0.1) is 30.6 Å². The highest BCUT2D eigenvalue weighted by atomic mass is 16.5. The Kier molecular flexibility index (Phi) is 9.16. The average Bonchev–Trinajstić information content (AvgIpc) is 3.45. The van der Waals surface area contributed by atoms with E-state index in [4.69, 9.17) is 4.74 Å². The van der Waals surface area contributed by atoms with E-state index in [-0.39, 0.29) is 44.0 Å². The maximum absolute atomic E-state index is 13.2. The predicted octanol–water partition coefficient (Wildman–Crippen LogP) is -0.375. The fourth-order valence-electron chi connectivity index (χ4n) is 4.05. The first-order chi connectivity index (χ1) is 18.9. The molecule has 204 valence electrons. The number of nitrogens with zero attached hydrogens (tertiary/aromatic N) is 4. The number of rotatable bonds is 6. The molecule has 1 aromatic carbocycles. The van der Waals surface area contributed by atoms with Gasteiger partial charge < -0.3 is 30.6 Å². The number of nitrogens with one attached hydrogen (secondary N) is 4. The minimum absolute atomic E-state index is 0.115. The van der Waals surface area contributed by atoms with Gasteiger partial charge in [-0.2, -0.15) is 0 Å². The summed E-state index contributed by atoms with van der Waals surface area (Å²) in [5.74, 6) is -1.73. The minimum Gasteiger partial charge on any atom is -0.491 e. The highest BCUT2D eigenvalue weighted by Gasteiger charge is 2.30. The van der Waals surface area contributed by atoms with E-state index in [2.05, 4.69) is 35.9 Å². The second-order valence-corrected chi connectivity index (χ2v) is 8.97. The molecule has 3 aromatic rings. The van der Waals surface area contributed by atoms with Crippen LogP contribution < -0.4 is 20.7 Å². The van der Waals surface area contributed by atoms with Gasteiger partial charge in [-0.05, 0) is 12.1 Å². The van der Waals surface area contributed by atoms with Gasteiger partial charge in [0.1, 0.15) is 24.4 Å². The second-order valence-electron chi connectivity index (χ2n) is 8.97. The van der Waals surface area contributed by atoms with Crippen molar-refractivity contribution in [1.29, 1.82) is 0 Å². The lowest BCUT2D eigenvalue weighted by atomic mass is 10.1. The van der Waals surface area contributed by atoms with E-state index in [9.17, 15) is 19.2 Å². The number of fused-ring (bicyclic) bond motifs is 1. The number of para-hydroxylation sites is 1. The highest BCUT2D eigenvalue weighted by molar-refractivity contribution is 6.01. The molecule has 3 heterocycles. The van der Waals surface area contributed by atoms with Gasteiger partial charge >= 0.3 is 0 Å². The summed E-state index contributed by atoms with van der Waals surface area (Å²) < 4.78 is 5.82. The van der Waals surface area contributed by atoms with Gasteiger partial charge in [-0.25, -0.2) is 4.98 Å². The molecule has 0 saturated heterocycles. The number of amides is 4. The Morgan fingerprint density at radius 3 is 2.74 bits per heavy atom. The largest absolute Gasteiger partial charge is 0.491 e. The van der Waals surface area contributed by atoms with Crippen LogP contribution in [0.5, 0.6) is 5.75 Å². The molecule has 4 amide bonds. The molecule has 1 aliphatic rings. The van der Waals surface area contributed by atoms with Crippen molar-refractivity contribution in [3.05, 3.63) is 72.3 Å². The molecule has 0 saturated carbocycles. The molecule has 0 spiro atoms. The quantitative estimate of drug-likeness (QED) is 0.332. The lowest BCUT2D eigenvalue weighted by Gasteiger charge is -2.26. The van der Waals surface area contributed by atoms with Crippen LogP contribution in [-0.4, -0.2) is 87.3 Å². The van der Waals surface area contributed by atoms with Crippen molar-refractivity contribution in [3.8, 4) is 5.75 Å². The number of benzene rings is 1. The van der Waals surface area contributed by atoms with Crippen LogP contribution in [0.2, 0.25) is 0 Å². The van der Waals surface area contributed by atoms with Crippen LogP contribution in [0, 0.1) is 0 Å². The molecule has 1 aliphatic heterocycles. The van der Waals surface area contributed by atoms with Crippen LogP contribution in [0.15, 0.2) is 55.4 Å². The van der Waals surface area contributed by atoms with E-state index in [1.54, 1.807) is 56.1 Å². The molecule has 4 N–H and O–H groups in total. The number of carbonyl (C=O) groups excluding carboxylic acids is 4. The van der Waals surface area contributed by atoms with E-state index < -0.39 is 29.8 Å². The lowest BCUT2D eigenvalue weighted by molar-refractivity contribution is -0.136. The Bertz CT molecular complexity index is 1280. The predicted molar refractivity (Wildman–Crippen MR) is 138 cm³/mol. The number of aromatic nitrogens is 4. The van der Waals surface area contributed by atoms with Crippen LogP contribution in [0.4, 0.5) is 0 Å². The van der Waals surface area contributed by atoms with Crippen LogP contribution in [0.3, 0.4) is 0 Å². The third-order valence-electron chi connectivity index (χ3n) is 6.11. The third kappa shape index (κ3) is 7.60. The summed E-state index contributed by atoms with van der Waals surface area (Å²) in [6.45, 7) is 0.557. The monoisotopic (exact) mass is 534 g/mol. The van der Waals surface area contributed by atoms with Crippen molar-refractivity contribution in [2.24, 2.45) is 0 Å². The van der Waals surface area contributed by atoms with Crippen molar-refractivity contribution < 1.29 is 23.9 Å². The second kappa shape index (κ2) is 13.1. The fourth-order valence-corrected chi connectivity index (χ4v) is 4.05. The lowest BCUT2D eigenvalue weighted by Crippen LogP contribution is -2.53. The standard InChI is InChI=1S/C26H30N8O5/c1-34-10-11-39-22-5-3-2-4-19(22)24(36)33-20(25(37)30-7-6-17-14-27-8-9-29-17)13-23(35)32-21(26(34)38)12-18-15-28-16-31-18/h2-5,8-9,14-16,20-21H,6-7,10-13H2,1H3,(H,28,31)(H,30,37)(H,32,35)(H,33,36)/t20-,21-/m0/s1. The SMILES string of the molecule is CN1CCOc2ccccc2C(=O)N[C@H](C(=O)NCCc2cnccn2)CC(=O)N[C@@H](Cc2cnc[nH]2)C1=O. The molecule has 0 fully saturated rings. The maximum atomic E-state index is 13.2. The summed E-state index contributed by atoms with van der Waals surface area (Å²) in [7, 11) is 1.61. The molecule has 2 aromatic heterocycles. The number of carbonyl (C=O) groups is 4. The molecule has 0 bridgehead atoms. The van der Waals surface area contributed by atoms with E-state index in [0.29, 0.717) is 23.6 Å². The number of ether oxygens (including phenoxy) is 1. The zero-order chi connectivity index (χ0) is 27.6. The molecular formula is C26H30N8O5. The van der Waals surface area contributed by atoms with Gasteiger partial charge in [0, 0.05) is 56.9 Å². The summed E-state index contributed by atoms with van der Waals surface area (Å²) in [5, 5.41) is 8.12. The topological polar surface area (TPSA) is 171 Å². The van der Waals surface area contributed by atoms with Gasteiger partial charge in [0.15, 0.2) is 0 Å². The summed E-state index contributed by atoms with van der Waals surface area (Å²) in [5.41, 5.74) is 1.54. The Morgan fingerprint density at radius 1 is 1.13 bits per heavy atom. The number of aromatic amines is 1. The molecular weight excluding hydrogens is 504 g/mol. The van der Waals surface area contributed by atoms with Crippen molar-refractivity contribution >= 4 is 23.6 Å². The van der Waals surface area contributed by atoms with Gasteiger partial charge in [0.2, 0.25) is 17.7 Å². The number of H-pyrrole nitrogens is 1. The van der Waals surface area contributed by atoms with Gasteiger partial charge in [0.25, 0.3) is 5.91 Å². The first kappa shape index (κ1) is 27.2. The maximum Gasteiger partial charge on any atom is 0.255 e. The molecule has 39 heavy (non-hydrogen) atoms. The summed E-state index contributed by atoms with van der Waals surface area (Å²) in [4.78, 5) is 69.2. The number of likely N-dealkylation sites (N-methyl/N-ethyl adjacent to an activating group) is 1. The summed E-state index contributed by atoms with van der Waals surface area (Å²) in [6.07, 6.45) is 7.94. The van der Waals surface area contributed by atoms with Crippen molar-refractivity contribution in [2.75, 3.05) is 26.7 Å². The van der Waals surface area contributed by atoms with E-state index in [0.717, 1.165) is 0 Å². The van der Waals surface area contributed by atoms with E-state index in [1.165, 1.54) is 11.2 Å². The highest BCUT2D eigenvalue weighted by Crippen LogP contribution is 2.18. The molecule has 13 heteroatoms. The van der Waals surface area contributed by atoms with Gasteiger partial charge in [-0.1, -0.05) is 12.1 Å². The molecule has 0 radical (unpaired) electrons. The normalized spacial score (nSPS) is 18.7. The Labute approximate surface area is 224 Å².